The zero-order valence-corrected chi connectivity index (χ0v) is 10.3. The van der Waals surface area contributed by atoms with Crippen molar-refractivity contribution in [3.63, 3.8) is 0 Å². The van der Waals surface area contributed by atoms with Crippen molar-refractivity contribution in [3.05, 3.63) is 35.4 Å². The minimum atomic E-state index is -0.223. The molecule has 17 heavy (non-hydrogen) atoms. The van der Waals surface area contributed by atoms with E-state index >= 15 is 0 Å². The Morgan fingerprint density at radius 1 is 0.882 bits per heavy atom. The first-order valence-electron chi connectivity index (χ1n) is 6.38. The van der Waals surface area contributed by atoms with E-state index in [1.54, 1.807) is 0 Å². The predicted octanol–water partition coefficient (Wildman–Crippen LogP) is 2.28. The number of fused-ring (bicyclic) bond motifs is 8. The highest BCUT2D eigenvalue weighted by molar-refractivity contribution is 8.00. The fraction of sp³-hybridized carbons (Fsp3) is 0.571. The summed E-state index contributed by atoms with van der Waals surface area (Å²) in [4.78, 5) is 0. The smallest absolute Gasteiger partial charge is 0.0587 e. The van der Waals surface area contributed by atoms with Crippen molar-refractivity contribution >= 4 is 11.8 Å². The largest absolute Gasteiger partial charge is 0.393 e. The first kappa shape index (κ1) is 10.4. The Balaban J connectivity index is 1.83. The highest BCUT2D eigenvalue weighted by Gasteiger charge is 2.57. The molecule has 2 bridgehead atoms. The van der Waals surface area contributed by atoms with Gasteiger partial charge in [0.25, 0.3) is 0 Å². The van der Waals surface area contributed by atoms with Gasteiger partial charge in [-0.2, -0.15) is 0 Å². The van der Waals surface area contributed by atoms with Crippen LogP contribution in [-0.2, 0) is 0 Å². The molecule has 1 aromatic carbocycles. The monoisotopic (exact) mass is 248 g/mol. The van der Waals surface area contributed by atoms with Gasteiger partial charge in [-0.25, -0.2) is 0 Å². The first-order valence-corrected chi connectivity index (χ1v) is 7.32. The molecule has 0 aromatic heterocycles. The van der Waals surface area contributed by atoms with Crippen molar-refractivity contribution in [1.29, 1.82) is 0 Å². The summed E-state index contributed by atoms with van der Waals surface area (Å²) in [5.74, 6) is 0.535. The average Bonchev–Trinajstić information content (AvgIpc) is 2.91. The van der Waals surface area contributed by atoms with Crippen molar-refractivity contribution in [3.8, 4) is 0 Å². The van der Waals surface area contributed by atoms with Crippen LogP contribution in [0.25, 0.3) is 0 Å². The Morgan fingerprint density at radius 3 is 1.82 bits per heavy atom. The summed E-state index contributed by atoms with van der Waals surface area (Å²) in [6, 6.07) is 8.55. The van der Waals surface area contributed by atoms with Crippen molar-refractivity contribution in [2.24, 2.45) is 11.8 Å². The number of thioether (sulfide) groups is 1. The summed E-state index contributed by atoms with van der Waals surface area (Å²) in [6.07, 6.45) is 1.07. The van der Waals surface area contributed by atoms with Gasteiger partial charge in [-0.1, -0.05) is 24.3 Å². The third-order valence-corrected chi connectivity index (χ3v) is 6.42. The number of rotatable bonds is 0. The highest BCUT2D eigenvalue weighted by atomic mass is 32.2. The van der Waals surface area contributed by atoms with E-state index in [0.29, 0.717) is 10.5 Å². The van der Waals surface area contributed by atoms with Gasteiger partial charge in [0, 0.05) is 22.3 Å². The topological polar surface area (TPSA) is 40.5 Å². The molecule has 3 heteroatoms. The lowest BCUT2D eigenvalue weighted by Crippen LogP contribution is -2.43. The lowest BCUT2D eigenvalue weighted by Gasteiger charge is -2.41. The van der Waals surface area contributed by atoms with Crippen molar-refractivity contribution < 1.29 is 10.2 Å². The normalized spacial score (nSPS) is 46.7. The predicted molar refractivity (Wildman–Crippen MR) is 67.7 cm³/mol. The Labute approximate surface area is 105 Å². The Hall–Kier alpha value is -0.510. The maximum absolute atomic E-state index is 10.2. The van der Waals surface area contributed by atoms with Gasteiger partial charge in [0.15, 0.2) is 0 Å². The summed E-state index contributed by atoms with van der Waals surface area (Å²) in [5.41, 5.74) is 2.80. The second-order valence-electron chi connectivity index (χ2n) is 5.47. The van der Waals surface area contributed by atoms with Gasteiger partial charge < -0.3 is 10.2 Å². The van der Waals surface area contributed by atoms with Crippen LogP contribution in [0.1, 0.15) is 34.5 Å². The van der Waals surface area contributed by atoms with E-state index in [-0.39, 0.29) is 24.0 Å². The molecule has 3 aliphatic rings. The van der Waals surface area contributed by atoms with Crippen LogP contribution in [0.5, 0.6) is 0 Å². The van der Waals surface area contributed by atoms with Gasteiger partial charge in [0.05, 0.1) is 12.2 Å². The second-order valence-corrected chi connectivity index (χ2v) is 6.76. The lowest BCUT2D eigenvalue weighted by molar-refractivity contribution is -0.0420. The summed E-state index contributed by atoms with van der Waals surface area (Å²) in [5, 5.41) is 21.3. The molecule has 0 spiro atoms. The molecule has 1 aromatic rings. The fourth-order valence-electron chi connectivity index (χ4n) is 3.98. The van der Waals surface area contributed by atoms with Gasteiger partial charge >= 0.3 is 0 Å². The first-order chi connectivity index (χ1) is 8.27. The molecule has 1 saturated heterocycles. The molecule has 2 heterocycles. The average molecular weight is 248 g/mol. The number of benzene rings is 1. The van der Waals surface area contributed by atoms with Gasteiger partial charge in [-0.05, 0) is 24.0 Å². The van der Waals surface area contributed by atoms with Crippen LogP contribution in [0.3, 0.4) is 0 Å². The molecule has 1 aliphatic carbocycles. The number of hydrogen-bond donors (Lipinski definition) is 2. The van der Waals surface area contributed by atoms with E-state index in [4.69, 9.17) is 0 Å². The molecule has 2 nitrogen and oxygen atoms in total. The minimum absolute atomic E-state index is 0.223. The van der Waals surface area contributed by atoms with Crippen molar-refractivity contribution in [1.82, 2.24) is 0 Å². The number of hydrogen-bond acceptors (Lipinski definition) is 3. The maximum Gasteiger partial charge on any atom is 0.0587 e. The van der Waals surface area contributed by atoms with Crippen LogP contribution in [0.15, 0.2) is 24.3 Å². The third-order valence-electron chi connectivity index (χ3n) is 4.69. The van der Waals surface area contributed by atoms with Crippen LogP contribution < -0.4 is 0 Å². The summed E-state index contributed by atoms with van der Waals surface area (Å²) >= 11 is 1.95. The molecular weight excluding hydrogens is 232 g/mol. The quantitative estimate of drug-likeness (QED) is 0.740. The molecule has 4 rings (SSSR count). The van der Waals surface area contributed by atoms with Crippen molar-refractivity contribution in [2.45, 2.75) is 35.5 Å². The molecule has 6 unspecified atom stereocenters. The summed E-state index contributed by atoms with van der Waals surface area (Å²) in [6.45, 7) is 0. The standard InChI is InChI=1S/C14H16O2S/c15-9-5-6-10(16)12-11(9)13-7-3-1-2-4-8(7)14(12)17-13/h1-4,9-16H,5-6H2. The molecule has 0 radical (unpaired) electrons. The Kier molecular flexibility index (Phi) is 2.14. The van der Waals surface area contributed by atoms with Gasteiger partial charge in [0.1, 0.15) is 0 Å². The van der Waals surface area contributed by atoms with Crippen LogP contribution >= 0.6 is 11.8 Å². The molecule has 1 saturated carbocycles. The molecule has 2 N–H and O–H groups in total. The lowest BCUT2D eigenvalue weighted by atomic mass is 9.66. The summed E-state index contributed by atoms with van der Waals surface area (Å²) < 4.78 is 0. The number of aliphatic hydroxyl groups excluding tert-OH is 2. The SMILES string of the molecule is OC1CCC(O)C2C3SC(c4ccccc43)C12. The van der Waals surface area contributed by atoms with Crippen LogP contribution in [0, 0.1) is 11.8 Å². The zero-order chi connectivity index (χ0) is 11.6. The third kappa shape index (κ3) is 1.25. The minimum Gasteiger partial charge on any atom is -0.393 e. The van der Waals surface area contributed by atoms with E-state index < -0.39 is 0 Å². The van der Waals surface area contributed by atoms with Gasteiger partial charge in [-0.15, -0.1) is 11.8 Å². The Morgan fingerprint density at radius 2 is 1.35 bits per heavy atom. The maximum atomic E-state index is 10.2. The van der Waals surface area contributed by atoms with Gasteiger partial charge in [-0.3, -0.25) is 0 Å². The van der Waals surface area contributed by atoms with Crippen LogP contribution in [-0.4, -0.2) is 22.4 Å². The van der Waals surface area contributed by atoms with E-state index in [2.05, 4.69) is 24.3 Å². The molecular formula is C14H16O2S. The number of aliphatic hydroxyl groups is 2. The van der Waals surface area contributed by atoms with Crippen LogP contribution in [0.2, 0.25) is 0 Å². The zero-order valence-electron chi connectivity index (χ0n) is 9.49. The molecule has 6 atom stereocenters. The molecule has 0 amide bonds. The Bertz CT molecular complexity index is 420. The highest BCUT2D eigenvalue weighted by Crippen LogP contribution is 2.69. The van der Waals surface area contributed by atoms with E-state index in [1.807, 2.05) is 11.8 Å². The van der Waals surface area contributed by atoms with Crippen molar-refractivity contribution in [2.75, 3.05) is 0 Å². The van der Waals surface area contributed by atoms with E-state index in [9.17, 15) is 10.2 Å². The van der Waals surface area contributed by atoms with Crippen LogP contribution in [0.4, 0.5) is 0 Å². The molecule has 2 fully saturated rings. The second kappa shape index (κ2) is 3.50. The van der Waals surface area contributed by atoms with Gasteiger partial charge in [0.2, 0.25) is 0 Å². The molecule has 90 valence electrons. The molecule has 2 aliphatic heterocycles. The van der Waals surface area contributed by atoms with E-state index in [0.717, 1.165) is 12.8 Å². The van der Waals surface area contributed by atoms with E-state index in [1.165, 1.54) is 11.1 Å². The fourth-order valence-corrected chi connectivity index (χ4v) is 6.10. The summed E-state index contributed by atoms with van der Waals surface area (Å²) in [7, 11) is 0.